The molecular weight excluding hydrogens is 270 g/mol. The number of aryl methyl sites for hydroxylation is 2. The van der Waals surface area contributed by atoms with Gasteiger partial charge < -0.3 is 10.6 Å². The van der Waals surface area contributed by atoms with Gasteiger partial charge in [0.05, 0.1) is 12.5 Å². The zero-order valence-corrected chi connectivity index (χ0v) is 11.7. The molecule has 1 fully saturated rings. The third-order valence-electron chi connectivity index (χ3n) is 3.96. The summed E-state index contributed by atoms with van der Waals surface area (Å²) >= 11 is 0. The summed E-state index contributed by atoms with van der Waals surface area (Å²) in [5.41, 5.74) is 3.63. The number of imide groups is 1. The van der Waals surface area contributed by atoms with Gasteiger partial charge in [-0.05, 0) is 30.9 Å². The smallest absolute Gasteiger partial charge is 0.322 e. The van der Waals surface area contributed by atoms with Crippen molar-refractivity contribution in [2.24, 2.45) is 0 Å². The van der Waals surface area contributed by atoms with Crippen LogP contribution in [0, 0.1) is 6.92 Å². The van der Waals surface area contributed by atoms with Gasteiger partial charge in [-0.2, -0.15) is 0 Å². The number of carbonyl (C=O) groups excluding carboxylic acids is 3. The molecule has 4 amide bonds. The quantitative estimate of drug-likeness (QED) is 0.715. The average molecular weight is 287 g/mol. The van der Waals surface area contributed by atoms with Crippen LogP contribution in [0.1, 0.15) is 35.6 Å². The van der Waals surface area contributed by atoms with Gasteiger partial charge in [0.2, 0.25) is 5.91 Å². The van der Waals surface area contributed by atoms with Crippen molar-refractivity contribution in [2.75, 3.05) is 0 Å². The first-order valence-corrected chi connectivity index (χ1v) is 7.03. The summed E-state index contributed by atoms with van der Waals surface area (Å²) in [5.74, 6) is -0.673. The Labute approximate surface area is 122 Å². The standard InChI is InChI=1S/C15H17N3O3/c1-8-2-4-10-9(6-8)3-5-11(10)16-13(19)7-12-14(20)18-15(21)17-12/h2,4,6,11-12H,3,5,7H2,1H3,(H,16,19)(H2,17,18,20,21)/t11-,12+/m1/s1. The van der Waals surface area contributed by atoms with Crippen LogP contribution in [0.3, 0.4) is 0 Å². The fourth-order valence-corrected chi connectivity index (χ4v) is 2.94. The summed E-state index contributed by atoms with van der Waals surface area (Å²) in [6.07, 6.45) is 1.78. The number of nitrogens with one attached hydrogen (secondary N) is 3. The lowest BCUT2D eigenvalue weighted by molar-refractivity contribution is -0.126. The van der Waals surface area contributed by atoms with Gasteiger partial charge in [-0.3, -0.25) is 14.9 Å². The Bertz CT molecular complexity index is 627. The molecule has 0 radical (unpaired) electrons. The van der Waals surface area contributed by atoms with Crippen LogP contribution in [0.25, 0.3) is 0 Å². The van der Waals surface area contributed by atoms with E-state index < -0.39 is 18.0 Å². The highest BCUT2D eigenvalue weighted by Gasteiger charge is 2.32. The first kappa shape index (κ1) is 13.6. The van der Waals surface area contributed by atoms with Crippen molar-refractivity contribution in [1.82, 2.24) is 16.0 Å². The maximum atomic E-state index is 12.0. The van der Waals surface area contributed by atoms with Crippen molar-refractivity contribution < 1.29 is 14.4 Å². The van der Waals surface area contributed by atoms with Crippen LogP contribution in [0.5, 0.6) is 0 Å². The predicted molar refractivity (Wildman–Crippen MR) is 75.5 cm³/mol. The van der Waals surface area contributed by atoms with Gasteiger partial charge in [-0.25, -0.2) is 4.79 Å². The Morgan fingerprint density at radius 3 is 2.90 bits per heavy atom. The zero-order chi connectivity index (χ0) is 15.0. The van der Waals surface area contributed by atoms with Gasteiger partial charge in [0, 0.05) is 0 Å². The summed E-state index contributed by atoms with van der Waals surface area (Å²) in [6.45, 7) is 2.05. The maximum absolute atomic E-state index is 12.0. The average Bonchev–Trinajstić information content (AvgIpc) is 2.93. The summed E-state index contributed by atoms with van der Waals surface area (Å²) in [6, 6.07) is 4.91. The number of urea groups is 1. The van der Waals surface area contributed by atoms with Crippen LogP contribution in [0.4, 0.5) is 4.79 Å². The van der Waals surface area contributed by atoms with E-state index in [1.807, 2.05) is 19.1 Å². The molecule has 3 N–H and O–H groups in total. The van der Waals surface area contributed by atoms with E-state index in [0.29, 0.717) is 0 Å². The molecule has 1 heterocycles. The SMILES string of the molecule is Cc1ccc2c(c1)CC[C@H]2NC(=O)C[C@@H]1NC(=O)NC1=O. The van der Waals surface area contributed by atoms with E-state index in [0.717, 1.165) is 18.4 Å². The molecule has 6 nitrogen and oxygen atoms in total. The number of hydrogen-bond donors (Lipinski definition) is 3. The van der Waals surface area contributed by atoms with Crippen molar-refractivity contribution in [3.63, 3.8) is 0 Å². The summed E-state index contributed by atoms with van der Waals surface area (Å²) < 4.78 is 0. The number of benzene rings is 1. The van der Waals surface area contributed by atoms with E-state index in [1.54, 1.807) is 0 Å². The second kappa shape index (κ2) is 5.20. The molecule has 1 aromatic carbocycles. The molecule has 1 aromatic rings. The van der Waals surface area contributed by atoms with Crippen LogP contribution in [0.2, 0.25) is 0 Å². The fourth-order valence-electron chi connectivity index (χ4n) is 2.94. The molecule has 1 aliphatic heterocycles. The molecule has 1 aliphatic carbocycles. The number of carbonyl (C=O) groups is 3. The van der Waals surface area contributed by atoms with Crippen LogP contribution in [-0.4, -0.2) is 23.9 Å². The van der Waals surface area contributed by atoms with Crippen LogP contribution < -0.4 is 16.0 Å². The van der Waals surface area contributed by atoms with Gasteiger partial charge in [-0.1, -0.05) is 23.8 Å². The molecule has 110 valence electrons. The molecule has 0 bridgehead atoms. The largest absolute Gasteiger partial charge is 0.349 e. The van der Waals surface area contributed by atoms with E-state index in [9.17, 15) is 14.4 Å². The predicted octanol–water partition coefficient (Wildman–Crippen LogP) is 0.697. The number of fused-ring (bicyclic) bond motifs is 1. The molecule has 2 aliphatic rings. The first-order valence-electron chi connectivity index (χ1n) is 7.03. The Morgan fingerprint density at radius 1 is 1.38 bits per heavy atom. The van der Waals surface area contributed by atoms with Gasteiger partial charge >= 0.3 is 6.03 Å². The number of rotatable bonds is 3. The van der Waals surface area contributed by atoms with Gasteiger partial charge in [-0.15, -0.1) is 0 Å². The zero-order valence-electron chi connectivity index (χ0n) is 11.7. The second-order valence-corrected chi connectivity index (χ2v) is 5.58. The third-order valence-corrected chi connectivity index (χ3v) is 3.96. The van der Waals surface area contributed by atoms with E-state index in [-0.39, 0.29) is 18.4 Å². The monoisotopic (exact) mass is 287 g/mol. The number of hydrogen-bond acceptors (Lipinski definition) is 3. The number of amides is 4. The Balaban J connectivity index is 1.62. The Kier molecular flexibility index (Phi) is 3.37. The minimum Gasteiger partial charge on any atom is -0.349 e. The molecule has 6 heteroatoms. The molecule has 0 unspecified atom stereocenters. The minimum atomic E-state index is -0.767. The normalized spacial score (nSPS) is 23.5. The lowest BCUT2D eigenvalue weighted by atomic mass is 10.1. The van der Waals surface area contributed by atoms with E-state index in [1.165, 1.54) is 11.1 Å². The minimum absolute atomic E-state index is 0.00624. The van der Waals surface area contributed by atoms with Gasteiger partial charge in [0.15, 0.2) is 0 Å². The van der Waals surface area contributed by atoms with Crippen molar-refractivity contribution in [3.05, 3.63) is 34.9 Å². The molecule has 0 spiro atoms. The highest BCUT2D eigenvalue weighted by atomic mass is 16.2. The van der Waals surface area contributed by atoms with Crippen LogP contribution >= 0.6 is 0 Å². The molecule has 0 saturated carbocycles. The van der Waals surface area contributed by atoms with Crippen molar-refractivity contribution >= 4 is 17.8 Å². The van der Waals surface area contributed by atoms with E-state index >= 15 is 0 Å². The molecular formula is C15H17N3O3. The lowest BCUT2D eigenvalue weighted by Crippen LogP contribution is -2.37. The van der Waals surface area contributed by atoms with Crippen LogP contribution in [0.15, 0.2) is 18.2 Å². The Morgan fingerprint density at radius 2 is 2.19 bits per heavy atom. The maximum Gasteiger partial charge on any atom is 0.322 e. The first-order chi connectivity index (χ1) is 10.0. The van der Waals surface area contributed by atoms with E-state index in [2.05, 4.69) is 22.0 Å². The van der Waals surface area contributed by atoms with Crippen molar-refractivity contribution in [2.45, 2.75) is 38.3 Å². The molecule has 0 aromatic heterocycles. The summed E-state index contributed by atoms with van der Waals surface area (Å²) in [7, 11) is 0. The summed E-state index contributed by atoms with van der Waals surface area (Å²) in [5, 5.41) is 7.49. The molecule has 2 atom stereocenters. The third kappa shape index (κ3) is 2.74. The van der Waals surface area contributed by atoms with Crippen molar-refractivity contribution in [1.29, 1.82) is 0 Å². The highest BCUT2D eigenvalue weighted by molar-refractivity contribution is 6.05. The summed E-state index contributed by atoms with van der Waals surface area (Å²) in [4.78, 5) is 34.5. The Hall–Kier alpha value is -2.37. The molecule has 1 saturated heterocycles. The molecule has 3 rings (SSSR count). The molecule has 21 heavy (non-hydrogen) atoms. The highest BCUT2D eigenvalue weighted by Crippen LogP contribution is 2.31. The fraction of sp³-hybridized carbons (Fsp3) is 0.400. The van der Waals surface area contributed by atoms with Gasteiger partial charge in [0.1, 0.15) is 6.04 Å². The van der Waals surface area contributed by atoms with Crippen LogP contribution in [-0.2, 0) is 16.0 Å². The van der Waals surface area contributed by atoms with Gasteiger partial charge in [0.25, 0.3) is 5.91 Å². The topological polar surface area (TPSA) is 87.3 Å². The second-order valence-electron chi connectivity index (χ2n) is 5.58. The van der Waals surface area contributed by atoms with Crippen molar-refractivity contribution in [3.8, 4) is 0 Å². The van der Waals surface area contributed by atoms with E-state index in [4.69, 9.17) is 0 Å². The lowest BCUT2D eigenvalue weighted by Gasteiger charge is -2.15.